The maximum Gasteiger partial charge on any atom is 0.407 e. The number of ether oxygens (including phenoxy) is 5. The molecule has 1 aliphatic heterocycles. The molecule has 0 spiro atoms. The number of hydrogen-bond donors (Lipinski definition) is 1. The minimum atomic E-state index is -0.534. The summed E-state index contributed by atoms with van der Waals surface area (Å²) in [6.45, 7) is 8.70. The average molecular weight is 502 g/mol. The van der Waals surface area contributed by atoms with Crippen molar-refractivity contribution in [1.82, 2.24) is 10.3 Å². The number of aromatic nitrogens is 1. The molecule has 1 saturated carbocycles. The fourth-order valence-corrected chi connectivity index (χ4v) is 5.21. The number of benzene rings is 1. The van der Waals surface area contributed by atoms with Crippen molar-refractivity contribution < 1.29 is 28.5 Å². The zero-order chi connectivity index (χ0) is 25.7. The summed E-state index contributed by atoms with van der Waals surface area (Å²) >= 11 is 0. The Kier molecular flexibility index (Phi) is 8.41. The Bertz CT molecular complexity index is 1030. The lowest BCUT2D eigenvalue weighted by atomic mass is 9.78. The molecule has 3 atom stereocenters. The highest BCUT2D eigenvalue weighted by atomic mass is 16.7. The number of anilines is 1. The first-order valence-corrected chi connectivity index (χ1v) is 12.7. The van der Waals surface area contributed by atoms with E-state index in [4.69, 9.17) is 23.7 Å². The number of hydrogen-bond acceptors (Lipinski definition) is 8. The molecular weight excluding hydrogens is 462 g/mol. The molecule has 2 unspecified atom stereocenters. The summed E-state index contributed by atoms with van der Waals surface area (Å²) in [6, 6.07) is 5.95. The first-order chi connectivity index (χ1) is 17.3. The molecule has 0 saturated heterocycles. The first kappa shape index (κ1) is 26.3. The highest BCUT2D eigenvalue weighted by Gasteiger charge is 2.34. The van der Waals surface area contributed by atoms with Gasteiger partial charge in [-0.2, -0.15) is 0 Å². The van der Waals surface area contributed by atoms with Crippen LogP contribution in [0.15, 0.2) is 24.4 Å². The maximum absolute atomic E-state index is 12.5. The summed E-state index contributed by atoms with van der Waals surface area (Å²) in [7, 11) is 3.29. The molecule has 1 aromatic carbocycles. The molecule has 9 nitrogen and oxygen atoms in total. The van der Waals surface area contributed by atoms with Crippen molar-refractivity contribution in [3.63, 3.8) is 0 Å². The van der Waals surface area contributed by atoms with Crippen LogP contribution < -0.4 is 19.7 Å². The molecule has 2 aliphatic rings. The van der Waals surface area contributed by atoms with Gasteiger partial charge in [0, 0.05) is 31.0 Å². The van der Waals surface area contributed by atoms with E-state index in [1.807, 2.05) is 45.2 Å². The molecule has 2 heterocycles. The van der Waals surface area contributed by atoms with Gasteiger partial charge in [0.25, 0.3) is 0 Å². The van der Waals surface area contributed by atoms with E-state index in [0.717, 1.165) is 60.4 Å². The predicted octanol–water partition coefficient (Wildman–Crippen LogP) is 4.37. The lowest BCUT2D eigenvalue weighted by molar-refractivity contribution is -0.0542. The van der Waals surface area contributed by atoms with Crippen molar-refractivity contribution in [3.8, 4) is 11.5 Å². The van der Waals surface area contributed by atoms with Crippen LogP contribution in [0.1, 0.15) is 40.0 Å². The molecular formula is C27H39N3O6. The van der Waals surface area contributed by atoms with Gasteiger partial charge in [-0.15, -0.1) is 0 Å². The van der Waals surface area contributed by atoms with Gasteiger partial charge in [0.2, 0.25) is 0 Å². The van der Waals surface area contributed by atoms with Gasteiger partial charge in [-0.05, 0) is 64.2 Å². The summed E-state index contributed by atoms with van der Waals surface area (Å²) < 4.78 is 27.8. The third kappa shape index (κ3) is 6.50. The second-order valence-electron chi connectivity index (χ2n) is 10.6. The Morgan fingerprint density at radius 3 is 2.83 bits per heavy atom. The standard InChI is InChI=1S/C27H39N3O6/c1-27(2,3)36-26(31)29-22-8-6-18(12-19(22)16-34-17-32-4)15-30-10-11-35-24-14-28-23-9-7-20(33-5)13-21(23)25(24)30/h7,9,13-14,18-19,22H,6,8,10-12,15-17H2,1-5H3,(H,29,31)/t18?,19-,22?/m1/s1. The van der Waals surface area contributed by atoms with Gasteiger partial charge in [0.15, 0.2) is 5.75 Å². The van der Waals surface area contributed by atoms with Gasteiger partial charge >= 0.3 is 6.09 Å². The number of methoxy groups -OCH3 is 2. The lowest BCUT2D eigenvalue weighted by Gasteiger charge is -2.40. The van der Waals surface area contributed by atoms with Crippen LogP contribution in [0.4, 0.5) is 10.5 Å². The SMILES string of the molecule is COCOC[C@H]1CC(CN2CCOc3cnc4ccc(OC)cc4c32)CCC1NC(=O)OC(C)(C)C. The van der Waals surface area contributed by atoms with Crippen LogP contribution in [-0.4, -0.2) is 70.0 Å². The van der Waals surface area contributed by atoms with Gasteiger partial charge in [0.1, 0.15) is 24.8 Å². The number of carbonyl (C=O) groups excluding carboxylic acids is 1. The fourth-order valence-electron chi connectivity index (χ4n) is 5.21. The van der Waals surface area contributed by atoms with E-state index in [-0.39, 0.29) is 24.8 Å². The Balaban J connectivity index is 1.49. The predicted molar refractivity (Wildman–Crippen MR) is 138 cm³/mol. The van der Waals surface area contributed by atoms with Gasteiger partial charge in [-0.25, -0.2) is 4.79 Å². The molecule has 0 bridgehead atoms. The Morgan fingerprint density at radius 2 is 2.08 bits per heavy atom. The van der Waals surface area contributed by atoms with Crippen molar-refractivity contribution in [2.75, 3.05) is 52.2 Å². The molecule has 1 amide bonds. The smallest absolute Gasteiger partial charge is 0.407 e. The number of nitrogens with one attached hydrogen (secondary N) is 1. The van der Waals surface area contributed by atoms with E-state index in [9.17, 15) is 4.79 Å². The number of alkyl carbamates (subject to hydrolysis) is 1. The lowest BCUT2D eigenvalue weighted by Crippen LogP contribution is -2.48. The van der Waals surface area contributed by atoms with Crippen LogP contribution in [0.2, 0.25) is 0 Å². The van der Waals surface area contributed by atoms with Gasteiger partial charge in [0.05, 0.1) is 37.7 Å². The van der Waals surface area contributed by atoms with Crippen LogP contribution in [0.25, 0.3) is 10.9 Å². The van der Waals surface area contributed by atoms with E-state index in [1.54, 1.807) is 14.2 Å². The Labute approximate surface area is 213 Å². The van der Waals surface area contributed by atoms with E-state index >= 15 is 0 Å². The summed E-state index contributed by atoms with van der Waals surface area (Å²) in [6.07, 6.45) is 4.24. The second kappa shape index (κ2) is 11.5. The molecule has 1 aliphatic carbocycles. The minimum Gasteiger partial charge on any atom is -0.497 e. The number of carbonyl (C=O) groups is 1. The topological polar surface area (TPSA) is 91.4 Å². The van der Waals surface area contributed by atoms with E-state index in [0.29, 0.717) is 19.1 Å². The molecule has 0 radical (unpaired) electrons. The van der Waals surface area contributed by atoms with Crippen LogP contribution in [0.3, 0.4) is 0 Å². The van der Waals surface area contributed by atoms with Crippen LogP contribution >= 0.6 is 0 Å². The van der Waals surface area contributed by atoms with Crippen LogP contribution in [0.5, 0.6) is 11.5 Å². The van der Waals surface area contributed by atoms with Crippen molar-refractivity contribution in [2.45, 2.75) is 51.7 Å². The highest BCUT2D eigenvalue weighted by molar-refractivity contribution is 5.96. The largest absolute Gasteiger partial charge is 0.497 e. The van der Waals surface area contributed by atoms with Crippen molar-refractivity contribution >= 4 is 22.7 Å². The third-order valence-electron chi connectivity index (χ3n) is 6.75. The number of rotatable bonds is 8. The summed E-state index contributed by atoms with van der Waals surface area (Å²) in [5.74, 6) is 2.22. The number of amides is 1. The fraction of sp³-hybridized carbons (Fsp3) is 0.630. The molecule has 1 fully saturated rings. The zero-order valence-electron chi connectivity index (χ0n) is 22.0. The summed E-state index contributed by atoms with van der Waals surface area (Å²) in [5, 5.41) is 4.13. The van der Waals surface area contributed by atoms with Crippen molar-refractivity contribution in [1.29, 1.82) is 0 Å². The monoisotopic (exact) mass is 501 g/mol. The number of nitrogens with zero attached hydrogens (tertiary/aromatic N) is 2. The van der Waals surface area contributed by atoms with E-state index < -0.39 is 5.60 Å². The zero-order valence-corrected chi connectivity index (χ0v) is 22.0. The Hall–Kier alpha value is -2.78. The van der Waals surface area contributed by atoms with Crippen molar-refractivity contribution in [2.24, 2.45) is 11.8 Å². The molecule has 4 rings (SSSR count). The number of fused-ring (bicyclic) bond motifs is 3. The molecule has 1 N–H and O–H groups in total. The summed E-state index contributed by atoms with van der Waals surface area (Å²) in [5.41, 5.74) is 1.46. The summed E-state index contributed by atoms with van der Waals surface area (Å²) in [4.78, 5) is 19.5. The highest BCUT2D eigenvalue weighted by Crippen LogP contribution is 2.40. The van der Waals surface area contributed by atoms with E-state index in [2.05, 4.69) is 15.2 Å². The van der Waals surface area contributed by atoms with Crippen molar-refractivity contribution in [3.05, 3.63) is 24.4 Å². The second-order valence-corrected chi connectivity index (χ2v) is 10.6. The first-order valence-electron chi connectivity index (χ1n) is 12.7. The van der Waals surface area contributed by atoms with Gasteiger partial charge in [-0.1, -0.05) is 0 Å². The van der Waals surface area contributed by atoms with Gasteiger partial charge in [-0.3, -0.25) is 4.98 Å². The van der Waals surface area contributed by atoms with E-state index in [1.165, 1.54) is 0 Å². The molecule has 9 heteroatoms. The normalized spacial score (nSPS) is 22.0. The number of pyridine rings is 1. The molecule has 2 aromatic rings. The van der Waals surface area contributed by atoms with Crippen LogP contribution in [0, 0.1) is 11.8 Å². The quantitative estimate of drug-likeness (QED) is 0.421. The molecule has 198 valence electrons. The minimum absolute atomic E-state index is 0.000720. The average Bonchev–Trinajstić information content (AvgIpc) is 2.84. The van der Waals surface area contributed by atoms with Crippen LogP contribution in [-0.2, 0) is 14.2 Å². The molecule has 36 heavy (non-hydrogen) atoms. The third-order valence-corrected chi connectivity index (χ3v) is 6.75. The Morgan fingerprint density at radius 1 is 1.25 bits per heavy atom. The van der Waals surface area contributed by atoms with Gasteiger partial charge < -0.3 is 33.9 Å². The molecule has 1 aromatic heterocycles. The maximum atomic E-state index is 12.5.